The zero-order valence-electron chi connectivity index (χ0n) is 12.5. The molecule has 0 aromatic rings. The molecule has 0 aromatic carbocycles. The summed E-state index contributed by atoms with van der Waals surface area (Å²) in [6.45, 7) is 11.4. The molecule has 3 heteroatoms. The number of amides is 1. The molecular formula is C15H30N2O. The lowest BCUT2D eigenvalue weighted by Gasteiger charge is -2.39. The van der Waals surface area contributed by atoms with E-state index in [1.807, 2.05) is 13.8 Å². The summed E-state index contributed by atoms with van der Waals surface area (Å²) in [5.41, 5.74) is 0. The number of hydrogen-bond acceptors (Lipinski definition) is 2. The van der Waals surface area contributed by atoms with E-state index in [-0.39, 0.29) is 5.92 Å². The van der Waals surface area contributed by atoms with Crippen LogP contribution >= 0.6 is 0 Å². The van der Waals surface area contributed by atoms with Gasteiger partial charge in [0.1, 0.15) is 0 Å². The van der Waals surface area contributed by atoms with Gasteiger partial charge in [0, 0.05) is 25.0 Å². The first-order valence-corrected chi connectivity index (χ1v) is 7.60. The maximum atomic E-state index is 12.2. The van der Waals surface area contributed by atoms with Crippen molar-refractivity contribution in [1.29, 1.82) is 0 Å². The van der Waals surface area contributed by atoms with E-state index in [2.05, 4.69) is 24.1 Å². The number of piperidine rings is 1. The van der Waals surface area contributed by atoms with Crippen molar-refractivity contribution in [3.63, 3.8) is 0 Å². The van der Waals surface area contributed by atoms with Crippen LogP contribution in [0.3, 0.4) is 0 Å². The molecule has 0 spiro atoms. The van der Waals surface area contributed by atoms with Crippen molar-refractivity contribution in [2.75, 3.05) is 19.6 Å². The zero-order chi connectivity index (χ0) is 13.5. The monoisotopic (exact) mass is 254 g/mol. The minimum Gasteiger partial charge on any atom is -0.341 e. The van der Waals surface area contributed by atoms with Crippen molar-refractivity contribution in [2.45, 2.75) is 59.4 Å². The summed E-state index contributed by atoms with van der Waals surface area (Å²) >= 11 is 0. The van der Waals surface area contributed by atoms with Crippen LogP contribution in [0.1, 0.15) is 53.4 Å². The van der Waals surface area contributed by atoms with Crippen LogP contribution in [0, 0.1) is 11.8 Å². The molecule has 0 bridgehead atoms. The predicted molar refractivity (Wildman–Crippen MR) is 76.5 cm³/mol. The van der Waals surface area contributed by atoms with E-state index >= 15 is 0 Å². The molecule has 106 valence electrons. The highest BCUT2D eigenvalue weighted by Crippen LogP contribution is 2.22. The first-order valence-electron chi connectivity index (χ1n) is 7.60. The van der Waals surface area contributed by atoms with Crippen LogP contribution in [0.2, 0.25) is 0 Å². The minimum atomic E-state index is 0.122. The average Bonchev–Trinajstić information content (AvgIpc) is 2.35. The van der Waals surface area contributed by atoms with Gasteiger partial charge in [-0.15, -0.1) is 0 Å². The fraction of sp³-hybridized carbons (Fsp3) is 0.933. The van der Waals surface area contributed by atoms with Gasteiger partial charge in [0.2, 0.25) is 5.91 Å². The fourth-order valence-electron chi connectivity index (χ4n) is 2.86. The highest BCUT2D eigenvalue weighted by Gasteiger charge is 2.29. The van der Waals surface area contributed by atoms with Crippen LogP contribution < -0.4 is 5.32 Å². The summed E-state index contributed by atoms with van der Waals surface area (Å²) in [6, 6.07) is 0.498. The van der Waals surface area contributed by atoms with Crippen LogP contribution in [0.4, 0.5) is 0 Å². The molecule has 0 saturated carbocycles. The molecule has 1 aliphatic rings. The second kappa shape index (κ2) is 7.78. The Kier molecular flexibility index (Phi) is 6.69. The van der Waals surface area contributed by atoms with Crippen LogP contribution in [-0.4, -0.2) is 36.5 Å². The summed E-state index contributed by atoms with van der Waals surface area (Å²) in [5, 5.41) is 3.59. The number of hydrogen-bond donors (Lipinski definition) is 1. The van der Waals surface area contributed by atoms with Gasteiger partial charge >= 0.3 is 0 Å². The van der Waals surface area contributed by atoms with Crippen molar-refractivity contribution < 1.29 is 4.79 Å². The van der Waals surface area contributed by atoms with Crippen LogP contribution in [-0.2, 0) is 4.79 Å². The Bertz CT molecular complexity index is 253. The summed E-state index contributed by atoms with van der Waals surface area (Å²) in [5.74, 6) is 1.12. The first kappa shape index (κ1) is 15.5. The van der Waals surface area contributed by atoms with Gasteiger partial charge in [0.25, 0.3) is 0 Å². The minimum absolute atomic E-state index is 0.122. The van der Waals surface area contributed by atoms with Crippen molar-refractivity contribution in [1.82, 2.24) is 10.2 Å². The Labute approximate surface area is 112 Å². The molecule has 0 aromatic heterocycles. The summed E-state index contributed by atoms with van der Waals surface area (Å²) in [6.07, 6.45) is 4.85. The summed E-state index contributed by atoms with van der Waals surface area (Å²) in [4.78, 5) is 14.3. The number of nitrogens with one attached hydrogen (secondary N) is 1. The topological polar surface area (TPSA) is 32.3 Å². The van der Waals surface area contributed by atoms with Crippen molar-refractivity contribution >= 4 is 5.91 Å². The Balaban J connectivity index is 2.58. The molecule has 2 unspecified atom stereocenters. The molecule has 1 saturated heterocycles. The van der Waals surface area contributed by atoms with E-state index in [0.29, 0.717) is 17.9 Å². The van der Waals surface area contributed by atoms with Gasteiger partial charge < -0.3 is 10.2 Å². The molecule has 1 heterocycles. The van der Waals surface area contributed by atoms with Gasteiger partial charge in [0.05, 0.1) is 0 Å². The quantitative estimate of drug-likeness (QED) is 0.790. The molecule has 1 fully saturated rings. The second-order valence-corrected chi connectivity index (χ2v) is 5.94. The highest BCUT2D eigenvalue weighted by atomic mass is 16.2. The largest absolute Gasteiger partial charge is 0.341 e. The van der Waals surface area contributed by atoms with Crippen molar-refractivity contribution in [3.05, 3.63) is 0 Å². The maximum absolute atomic E-state index is 12.2. The first-order chi connectivity index (χ1) is 8.58. The zero-order valence-corrected chi connectivity index (χ0v) is 12.5. The maximum Gasteiger partial charge on any atom is 0.225 e. The van der Waals surface area contributed by atoms with Crippen molar-refractivity contribution in [3.8, 4) is 0 Å². The smallest absolute Gasteiger partial charge is 0.225 e. The molecule has 0 aliphatic carbocycles. The summed E-state index contributed by atoms with van der Waals surface area (Å²) in [7, 11) is 0. The molecule has 0 radical (unpaired) electrons. The third kappa shape index (κ3) is 4.60. The molecule has 2 atom stereocenters. The van der Waals surface area contributed by atoms with E-state index in [1.54, 1.807) is 0 Å². The van der Waals surface area contributed by atoms with Crippen molar-refractivity contribution in [2.24, 2.45) is 11.8 Å². The lowest BCUT2D eigenvalue weighted by atomic mass is 9.90. The molecule has 1 amide bonds. The molecule has 3 nitrogen and oxygen atoms in total. The molecule has 1 rings (SSSR count). The highest BCUT2D eigenvalue weighted by molar-refractivity contribution is 5.78. The Hall–Kier alpha value is -0.570. The molecule has 1 N–H and O–H groups in total. The normalized spacial score (nSPS) is 24.6. The third-order valence-electron chi connectivity index (χ3n) is 3.72. The summed E-state index contributed by atoms with van der Waals surface area (Å²) < 4.78 is 0. The van der Waals surface area contributed by atoms with Crippen LogP contribution in [0.15, 0.2) is 0 Å². The van der Waals surface area contributed by atoms with E-state index in [1.165, 1.54) is 19.3 Å². The Morgan fingerprint density at radius 1 is 1.28 bits per heavy atom. The Morgan fingerprint density at radius 2 is 2.00 bits per heavy atom. The number of likely N-dealkylation sites (tertiary alicyclic amines) is 1. The standard InChI is InChI=1S/C15H30N2O/c1-5-7-13-9-14(16-8-6-2)11-17(10-13)15(18)12(3)4/h12-14,16H,5-11H2,1-4H3. The SMILES string of the molecule is CCCNC1CC(CCC)CN(C(=O)C(C)C)C1. The van der Waals surface area contributed by atoms with Gasteiger partial charge in [-0.05, 0) is 31.7 Å². The van der Waals surface area contributed by atoms with Gasteiger partial charge in [-0.1, -0.05) is 34.1 Å². The number of nitrogens with zero attached hydrogens (tertiary/aromatic N) is 1. The predicted octanol–water partition coefficient (Wildman–Crippen LogP) is 2.66. The number of rotatable bonds is 6. The fourth-order valence-corrected chi connectivity index (χ4v) is 2.86. The molecule has 18 heavy (non-hydrogen) atoms. The van der Waals surface area contributed by atoms with E-state index in [4.69, 9.17) is 0 Å². The number of carbonyl (C=O) groups excluding carboxylic acids is 1. The second-order valence-electron chi connectivity index (χ2n) is 5.94. The lowest BCUT2D eigenvalue weighted by Crippen LogP contribution is -2.52. The van der Waals surface area contributed by atoms with Gasteiger partial charge in [-0.2, -0.15) is 0 Å². The van der Waals surface area contributed by atoms with Crippen LogP contribution in [0.5, 0.6) is 0 Å². The van der Waals surface area contributed by atoms with Gasteiger partial charge in [0.15, 0.2) is 0 Å². The number of carbonyl (C=O) groups is 1. The molecular weight excluding hydrogens is 224 g/mol. The average molecular weight is 254 g/mol. The van der Waals surface area contributed by atoms with Gasteiger partial charge in [-0.25, -0.2) is 0 Å². The van der Waals surface area contributed by atoms with Crippen LogP contribution in [0.25, 0.3) is 0 Å². The Morgan fingerprint density at radius 3 is 2.56 bits per heavy atom. The third-order valence-corrected chi connectivity index (χ3v) is 3.72. The van der Waals surface area contributed by atoms with E-state index < -0.39 is 0 Å². The van der Waals surface area contributed by atoms with E-state index in [9.17, 15) is 4.79 Å². The lowest BCUT2D eigenvalue weighted by molar-refractivity contribution is -0.136. The molecule has 1 aliphatic heterocycles. The van der Waals surface area contributed by atoms with Gasteiger partial charge in [-0.3, -0.25) is 4.79 Å². The van der Waals surface area contributed by atoms with E-state index in [0.717, 1.165) is 26.1 Å².